The molecule has 4 rings (SSSR count). The molecule has 1 aromatic carbocycles. The average molecular weight is 312 g/mol. The monoisotopic (exact) mass is 312 g/mol. The number of para-hydroxylation sites is 1. The molecule has 1 saturated heterocycles. The third-order valence-electron chi connectivity index (χ3n) is 5.75. The van der Waals surface area contributed by atoms with Gasteiger partial charge in [-0.05, 0) is 31.4 Å². The second-order valence-electron chi connectivity index (χ2n) is 7.07. The van der Waals surface area contributed by atoms with Gasteiger partial charge in [-0.25, -0.2) is 0 Å². The number of nitrogens with one attached hydrogen (secondary N) is 1. The van der Waals surface area contributed by atoms with Crippen molar-refractivity contribution in [2.45, 2.75) is 51.1 Å². The van der Waals surface area contributed by atoms with Gasteiger partial charge in [0.05, 0.1) is 11.3 Å². The maximum Gasteiger partial charge on any atom is 0.256 e. The van der Waals surface area contributed by atoms with Crippen LogP contribution in [0.25, 0.3) is 0 Å². The maximum absolute atomic E-state index is 13.1. The molecule has 1 saturated carbocycles. The fourth-order valence-electron chi connectivity index (χ4n) is 4.46. The summed E-state index contributed by atoms with van der Waals surface area (Å²) in [6.07, 6.45) is 3.58. The highest BCUT2D eigenvalue weighted by atomic mass is 16.2. The Labute approximate surface area is 135 Å². The molecule has 2 amide bonds. The van der Waals surface area contributed by atoms with Gasteiger partial charge in [-0.2, -0.15) is 0 Å². The molecule has 23 heavy (non-hydrogen) atoms. The minimum absolute atomic E-state index is 0.132. The third-order valence-corrected chi connectivity index (χ3v) is 5.75. The van der Waals surface area contributed by atoms with Crippen molar-refractivity contribution in [3.8, 4) is 0 Å². The van der Waals surface area contributed by atoms with Crippen LogP contribution in [0.5, 0.6) is 0 Å². The lowest BCUT2D eigenvalue weighted by Crippen LogP contribution is -2.47. The molecule has 5 heteroatoms. The molecule has 2 aliphatic heterocycles. The van der Waals surface area contributed by atoms with Crippen molar-refractivity contribution in [2.75, 3.05) is 5.32 Å². The number of benzene rings is 1. The van der Waals surface area contributed by atoms with Crippen LogP contribution >= 0.6 is 0 Å². The van der Waals surface area contributed by atoms with E-state index in [1.807, 2.05) is 13.0 Å². The van der Waals surface area contributed by atoms with E-state index in [-0.39, 0.29) is 23.6 Å². The average Bonchev–Trinajstić information content (AvgIpc) is 2.71. The summed E-state index contributed by atoms with van der Waals surface area (Å²) >= 11 is 0. The minimum atomic E-state index is -0.597. The third kappa shape index (κ3) is 1.95. The first kappa shape index (κ1) is 14.4. The van der Waals surface area contributed by atoms with E-state index in [9.17, 15) is 14.4 Å². The van der Waals surface area contributed by atoms with Gasteiger partial charge in [-0.1, -0.05) is 25.5 Å². The van der Waals surface area contributed by atoms with Crippen LogP contribution < -0.4 is 5.32 Å². The highest BCUT2D eigenvalue weighted by Crippen LogP contribution is 2.48. The fraction of sp³-hybridized carbons (Fsp3) is 0.500. The number of amides is 2. The first-order valence-electron chi connectivity index (χ1n) is 8.28. The molecular weight excluding hydrogens is 292 g/mol. The second-order valence-corrected chi connectivity index (χ2v) is 7.07. The summed E-state index contributed by atoms with van der Waals surface area (Å²) in [6, 6.07) is 6.39. The van der Waals surface area contributed by atoms with Crippen LogP contribution in [-0.4, -0.2) is 34.6 Å². The molecule has 2 fully saturated rings. The Morgan fingerprint density at radius 1 is 1.17 bits per heavy atom. The fourth-order valence-corrected chi connectivity index (χ4v) is 4.46. The van der Waals surface area contributed by atoms with Crippen molar-refractivity contribution in [3.05, 3.63) is 29.8 Å². The number of hydrogen-bond donors (Lipinski definition) is 1. The number of Topliss-reactive ketones (excluding diaryl/α,β-unsaturated/α-hetero) is 1. The topological polar surface area (TPSA) is 66.5 Å². The van der Waals surface area contributed by atoms with Gasteiger partial charge < -0.3 is 10.2 Å². The van der Waals surface area contributed by atoms with Crippen LogP contribution in [0.4, 0.5) is 5.69 Å². The van der Waals surface area contributed by atoms with Crippen molar-refractivity contribution in [1.82, 2.24) is 4.90 Å². The maximum atomic E-state index is 13.1. The van der Waals surface area contributed by atoms with E-state index in [0.29, 0.717) is 24.1 Å². The van der Waals surface area contributed by atoms with Crippen molar-refractivity contribution < 1.29 is 14.4 Å². The molecule has 0 spiro atoms. The van der Waals surface area contributed by atoms with Gasteiger partial charge in [0.15, 0.2) is 0 Å². The van der Waals surface area contributed by atoms with Gasteiger partial charge in [0.25, 0.3) is 5.91 Å². The Morgan fingerprint density at radius 2 is 1.96 bits per heavy atom. The highest BCUT2D eigenvalue weighted by Gasteiger charge is 2.57. The van der Waals surface area contributed by atoms with Crippen LogP contribution in [0.2, 0.25) is 0 Å². The van der Waals surface area contributed by atoms with Crippen LogP contribution in [0.15, 0.2) is 24.3 Å². The number of carbonyl (C=O) groups excluding carboxylic acids is 3. The van der Waals surface area contributed by atoms with Crippen LogP contribution in [0.3, 0.4) is 0 Å². The standard InChI is InChI=1S/C18H20N2O3/c1-18-10-13-16(22)19-12-7-3-2-6-11(12)17(23)20(13)14(18)8-4-5-9-15(18)21/h2-3,6-7,13-14H,4-5,8-10H2,1H3,(H,19,22)/t13-,14-,18-/m1/s1. The van der Waals surface area contributed by atoms with Gasteiger partial charge in [0, 0.05) is 17.9 Å². The van der Waals surface area contributed by atoms with Crippen molar-refractivity contribution in [2.24, 2.45) is 5.41 Å². The second kappa shape index (κ2) is 4.91. The Hall–Kier alpha value is -2.17. The first-order chi connectivity index (χ1) is 11.0. The molecule has 120 valence electrons. The molecule has 5 nitrogen and oxygen atoms in total. The number of ketones is 1. The summed E-state index contributed by atoms with van der Waals surface area (Å²) in [7, 11) is 0. The molecule has 0 aromatic heterocycles. The summed E-state index contributed by atoms with van der Waals surface area (Å²) in [4.78, 5) is 40.1. The summed E-state index contributed by atoms with van der Waals surface area (Å²) < 4.78 is 0. The minimum Gasteiger partial charge on any atom is -0.324 e. The van der Waals surface area contributed by atoms with Crippen molar-refractivity contribution in [3.63, 3.8) is 0 Å². The Bertz CT molecular complexity index is 714. The SMILES string of the molecule is C[C@@]12C[C@@H]3C(=O)Nc4ccccc4C(=O)N3[C@@H]1CCCCC2=O. The molecule has 0 radical (unpaired) electrons. The van der Waals surface area contributed by atoms with E-state index in [1.165, 1.54) is 0 Å². The zero-order valence-electron chi connectivity index (χ0n) is 13.2. The van der Waals surface area contributed by atoms with Crippen LogP contribution in [0.1, 0.15) is 49.4 Å². The van der Waals surface area contributed by atoms with E-state index in [1.54, 1.807) is 23.1 Å². The van der Waals surface area contributed by atoms with E-state index in [0.717, 1.165) is 19.3 Å². The number of carbonyl (C=O) groups is 3. The van der Waals surface area contributed by atoms with E-state index in [4.69, 9.17) is 0 Å². The largest absolute Gasteiger partial charge is 0.324 e. The molecule has 1 aliphatic carbocycles. The van der Waals surface area contributed by atoms with Gasteiger partial charge in [-0.15, -0.1) is 0 Å². The lowest BCUT2D eigenvalue weighted by atomic mass is 9.76. The molecule has 0 bridgehead atoms. The van der Waals surface area contributed by atoms with Gasteiger partial charge >= 0.3 is 0 Å². The van der Waals surface area contributed by atoms with Crippen LogP contribution in [0, 0.1) is 5.41 Å². The van der Waals surface area contributed by atoms with Crippen molar-refractivity contribution >= 4 is 23.3 Å². The zero-order valence-corrected chi connectivity index (χ0v) is 13.2. The Kier molecular flexibility index (Phi) is 3.08. The lowest BCUT2D eigenvalue weighted by molar-refractivity contribution is -0.128. The van der Waals surface area contributed by atoms with Crippen LogP contribution in [-0.2, 0) is 9.59 Å². The Balaban J connectivity index is 1.83. The zero-order chi connectivity index (χ0) is 16.2. The number of hydrogen-bond acceptors (Lipinski definition) is 3. The highest BCUT2D eigenvalue weighted by molar-refractivity contribution is 6.11. The molecule has 3 atom stereocenters. The van der Waals surface area contributed by atoms with E-state index >= 15 is 0 Å². The van der Waals surface area contributed by atoms with Crippen molar-refractivity contribution in [1.29, 1.82) is 0 Å². The van der Waals surface area contributed by atoms with Gasteiger partial charge in [0.2, 0.25) is 5.91 Å². The summed E-state index contributed by atoms with van der Waals surface area (Å²) in [5.41, 5.74) is 0.489. The van der Waals surface area contributed by atoms with Gasteiger partial charge in [-0.3, -0.25) is 14.4 Å². The number of fused-ring (bicyclic) bond motifs is 4. The first-order valence-corrected chi connectivity index (χ1v) is 8.28. The Morgan fingerprint density at radius 3 is 2.78 bits per heavy atom. The molecule has 0 unspecified atom stereocenters. The van der Waals surface area contributed by atoms with E-state index < -0.39 is 11.5 Å². The van der Waals surface area contributed by atoms with E-state index in [2.05, 4.69) is 5.32 Å². The quantitative estimate of drug-likeness (QED) is 0.800. The normalized spacial score (nSPS) is 33.3. The number of rotatable bonds is 0. The lowest BCUT2D eigenvalue weighted by Gasteiger charge is -2.33. The summed E-state index contributed by atoms with van der Waals surface area (Å²) in [6.45, 7) is 1.94. The molecule has 3 aliphatic rings. The number of anilines is 1. The smallest absolute Gasteiger partial charge is 0.256 e. The number of nitrogens with zero attached hydrogens (tertiary/aromatic N) is 1. The summed E-state index contributed by atoms with van der Waals surface area (Å²) in [5.74, 6) is -0.111. The predicted molar refractivity (Wildman–Crippen MR) is 85.0 cm³/mol. The predicted octanol–water partition coefficient (Wildman–Crippen LogP) is 2.37. The molecular formula is C18H20N2O3. The molecule has 2 heterocycles. The molecule has 1 N–H and O–H groups in total. The molecule has 1 aromatic rings. The summed E-state index contributed by atoms with van der Waals surface area (Å²) in [5, 5.41) is 2.87. The van der Waals surface area contributed by atoms with Gasteiger partial charge in [0.1, 0.15) is 11.8 Å².